The number of ether oxygens (including phenoxy) is 1. The van der Waals surface area contributed by atoms with Crippen molar-refractivity contribution in [1.82, 2.24) is 0 Å². The number of alkyl halides is 2. The molecule has 1 aromatic rings. The second kappa shape index (κ2) is 17.9. The molecule has 0 radical (unpaired) electrons. The largest absolute Gasteiger partial charge is 0.466 e. The van der Waals surface area contributed by atoms with Gasteiger partial charge in [0.2, 0.25) is 0 Å². The minimum atomic E-state index is -0.0695. The van der Waals surface area contributed by atoms with E-state index in [1.807, 2.05) is 0 Å². The van der Waals surface area contributed by atoms with Gasteiger partial charge in [-0.05, 0) is 37.0 Å². The number of aryl methyl sites for hydroxylation is 1. The maximum absolute atomic E-state index is 11.9. The van der Waals surface area contributed by atoms with Crippen LogP contribution in [0.15, 0.2) is 24.3 Å². The van der Waals surface area contributed by atoms with Crippen molar-refractivity contribution < 1.29 is 9.53 Å². The molecule has 0 fully saturated rings. The maximum atomic E-state index is 11.9. The molecule has 0 atom stereocenters. The minimum absolute atomic E-state index is 0.0695. The van der Waals surface area contributed by atoms with Gasteiger partial charge in [-0.15, -0.1) is 23.2 Å². The Labute approximate surface area is 188 Å². The summed E-state index contributed by atoms with van der Waals surface area (Å²) in [5.41, 5.74) is 2.38. The fraction of sp³-hybridized carbons (Fsp3) is 0.708. The van der Waals surface area contributed by atoms with Crippen LogP contribution >= 0.6 is 23.2 Å². The van der Waals surface area contributed by atoms with Gasteiger partial charge in [-0.3, -0.25) is 4.79 Å². The van der Waals surface area contributed by atoms with Crippen molar-refractivity contribution in [1.29, 1.82) is 0 Å². The van der Waals surface area contributed by atoms with Gasteiger partial charge in [0.25, 0.3) is 0 Å². The third kappa shape index (κ3) is 13.1. The van der Waals surface area contributed by atoms with Gasteiger partial charge in [-0.25, -0.2) is 0 Å². The Bertz CT molecular complexity index is 516. The van der Waals surface area contributed by atoms with Crippen molar-refractivity contribution in [2.75, 3.05) is 36.4 Å². The highest BCUT2D eigenvalue weighted by Crippen LogP contribution is 2.17. The van der Waals surface area contributed by atoms with Crippen LogP contribution in [0.25, 0.3) is 0 Å². The average molecular weight is 444 g/mol. The summed E-state index contributed by atoms with van der Waals surface area (Å²) < 4.78 is 5.36. The Morgan fingerprint density at radius 3 is 2.03 bits per heavy atom. The van der Waals surface area contributed by atoms with Crippen LogP contribution in [0.3, 0.4) is 0 Å². The predicted molar refractivity (Wildman–Crippen MR) is 127 cm³/mol. The summed E-state index contributed by atoms with van der Waals surface area (Å²) in [6, 6.07) is 8.46. The Morgan fingerprint density at radius 2 is 1.45 bits per heavy atom. The van der Waals surface area contributed by atoms with Crippen molar-refractivity contribution >= 4 is 34.9 Å². The summed E-state index contributed by atoms with van der Waals surface area (Å²) in [5.74, 6) is 1.10. The molecule has 0 saturated heterocycles. The Hall–Kier alpha value is -0.930. The van der Waals surface area contributed by atoms with Crippen molar-refractivity contribution in [3.8, 4) is 0 Å². The zero-order valence-corrected chi connectivity index (χ0v) is 19.7. The summed E-state index contributed by atoms with van der Waals surface area (Å²) in [6.07, 6.45) is 12.2. The normalized spacial score (nSPS) is 10.9. The second-order valence-corrected chi connectivity index (χ2v) is 8.34. The number of esters is 1. The molecule has 0 bridgehead atoms. The number of carbonyl (C=O) groups is 1. The quantitative estimate of drug-likeness (QED) is 0.139. The summed E-state index contributed by atoms with van der Waals surface area (Å²) >= 11 is 11.7. The molecule has 1 rings (SSSR count). The number of nitrogens with zero attached hydrogens (tertiary/aromatic N) is 1. The highest BCUT2D eigenvalue weighted by atomic mass is 35.5. The van der Waals surface area contributed by atoms with Gasteiger partial charge in [0.1, 0.15) is 0 Å². The Balaban J connectivity index is 2.11. The molecule has 0 amide bonds. The van der Waals surface area contributed by atoms with Crippen LogP contribution in [0, 0.1) is 0 Å². The van der Waals surface area contributed by atoms with Gasteiger partial charge in [-0.1, -0.05) is 64.0 Å². The van der Waals surface area contributed by atoms with Crippen molar-refractivity contribution in [3.63, 3.8) is 0 Å². The summed E-state index contributed by atoms with van der Waals surface area (Å²) in [7, 11) is 0. The zero-order valence-electron chi connectivity index (χ0n) is 18.1. The number of hydrogen-bond donors (Lipinski definition) is 0. The first-order chi connectivity index (χ1) is 14.2. The van der Waals surface area contributed by atoms with E-state index in [0.717, 1.165) is 44.5 Å². The van der Waals surface area contributed by atoms with Crippen molar-refractivity contribution in [3.05, 3.63) is 29.8 Å². The summed E-state index contributed by atoms with van der Waals surface area (Å²) in [5, 5.41) is 0. The minimum Gasteiger partial charge on any atom is -0.466 e. The van der Waals surface area contributed by atoms with E-state index in [1.165, 1.54) is 44.1 Å². The lowest BCUT2D eigenvalue weighted by molar-refractivity contribution is -0.143. The van der Waals surface area contributed by atoms with E-state index in [1.54, 1.807) is 0 Å². The second-order valence-electron chi connectivity index (χ2n) is 7.58. The van der Waals surface area contributed by atoms with Gasteiger partial charge in [0.15, 0.2) is 0 Å². The topological polar surface area (TPSA) is 29.5 Å². The molecule has 0 heterocycles. The number of benzene rings is 1. The van der Waals surface area contributed by atoms with Crippen LogP contribution in [-0.2, 0) is 16.0 Å². The highest BCUT2D eigenvalue weighted by Gasteiger charge is 2.06. The molecule has 0 N–H and O–H groups in total. The van der Waals surface area contributed by atoms with E-state index in [9.17, 15) is 4.79 Å². The Morgan fingerprint density at radius 1 is 0.862 bits per heavy atom. The molecule has 0 aliphatic carbocycles. The lowest BCUT2D eigenvalue weighted by Gasteiger charge is -2.23. The molecule has 166 valence electrons. The molecule has 0 aromatic heterocycles. The van der Waals surface area contributed by atoms with Gasteiger partial charge in [0, 0.05) is 37.0 Å². The van der Waals surface area contributed by atoms with Gasteiger partial charge in [0.05, 0.1) is 6.61 Å². The predicted octanol–water partition coefficient (Wildman–Crippen LogP) is 6.98. The first-order valence-electron chi connectivity index (χ1n) is 11.3. The van der Waals surface area contributed by atoms with E-state index in [-0.39, 0.29) is 5.97 Å². The van der Waals surface area contributed by atoms with Gasteiger partial charge in [-0.2, -0.15) is 0 Å². The van der Waals surface area contributed by atoms with E-state index in [0.29, 0.717) is 24.8 Å². The van der Waals surface area contributed by atoms with Crippen LogP contribution in [0.4, 0.5) is 5.69 Å². The molecule has 29 heavy (non-hydrogen) atoms. The molecule has 0 spiro atoms. The molecule has 0 aliphatic heterocycles. The fourth-order valence-electron chi connectivity index (χ4n) is 3.38. The number of carbonyl (C=O) groups excluding carboxylic acids is 1. The van der Waals surface area contributed by atoms with Crippen molar-refractivity contribution in [2.24, 2.45) is 0 Å². The number of anilines is 1. The first kappa shape index (κ1) is 26.1. The van der Waals surface area contributed by atoms with Crippen molar-refractivity contribution in [2.45, 2.75) is 77.6 Å². The molecule has 1 aromatic carbocycles. The van der Waals surface area contributed by atoms with E-state index >= 15 is 0 Å². The van der Waals surface area contributed by atoms with Crippen LogP contribution in [-0.4, -0.2) is 37.4 Å². The molecule has 0 unspecified atom stereocenters. The van der Waals surface area contributed by atoms with E-state index < -0.39 is 0 Å². The van der Waals surface area contributed by atoms with Gasteiger partial charge >= 0.3 is 5.97 Å². The lowest BCUT2D eigenvalue weighted by atomic mass is 10.1. The highest BCUT2D eigenvalue weighted by molar-refractivity contribution is 6.18. The number of unbranched alkanes of at least 4 members (excludes halogenated alkanes) is 7. The monoisotopic (exact) mass is 443 g/mol. The van der Waals surface area contributed by atoms with E-state index in [4.69, 9.17) is 27.9 Å². The van der Waals surface area contributed by atoms with Crippen LogP contribution in [0.5, 0.6) is 0 Å². The Kier molecular flexibility index (Phi) is 16.1. The average Bonchev–Trinajstić information content (AvgIpc) is 2.73. The SMILES string of the molecule is CCCCCCCCCCOC(=O)CCCc1ccc(N(CCCl)CCCl)cc1. The number of hydrogen-bond acceptors (Lipinski definition) is 3. The lowest BCUT2D eigenvalue weighted by Crippen LogP contribution is -2.27. The van der Waals surface area contributed by atoms with Crippen LogP contribution < -0.4 is 4.90 Å². The molecular formula is C24H39Cl2NO2. The van der Waals surface area contributed by atoms with E-state index in [2.05, 4.69) is 36.1 Å². The van der Waals surface area contributed by atoms with Gasteiger partial charge < -0.3 is 9.64 Å². The first-order valence-corrected chi connectivity index (χ1v) is 12.4. The molecule has 3 nitrogen and oxygen atoms in total. The maximum Gasteiger partial charge on any atom is 0.305 e. The summed E-state index contributed by atoms with van der Waals surface area (Å²) in [6.45, 7) is 4.39. The summed E-state index contributed by atoms with van der Waals surface area (Å²) in [4.78, 5) is 14.1. The third-order valence-corrected chi connectivity index (χ3v) is 5.46. The molecule has 0 saturated carbocycles. The molecular weight excluding hydrogens is 405 g/mol. The fourth-order valence-corrected chi connectivity index (χ4v) is 3.79. The number of halogens is 2. The third-order valence-electron chi connectivity index (χ3n) is 5.12. The number of rotatable bonds is 18. The smallest absolute Gasteiger partial charge is 0.305 e. The zero-order chi connectivity index (χ0) is 21.2. The molecule has 0 aliphatic rings. The molecule has 5 heteroatoms. The standard InChI is InChI=1S/C24H39Cl2NO2/c1-2-3-4-5-6-7-8-9-21-29-24(28)12-10-11-22-13-15-23(16-14-22)27(19-17-25)20-18-26/h13-16H,2-12,17-21H2,1H3. The van der Waals surface area contributed by atoms with Crippen LogP contribution in [0.2, 0.25) is 0 Å². The van der Waals surface area contributed by atoms with Crippen LogP contribution in [0.1, 0.15) is 76.7 Å².